The Morgan fingerprint density at radius 2 is 2.36 bits per heavy atom. The van der Waals surface area contributed by atoms with E-state index in [4.69, 9.17) is 0 Å². The minimum atomic E-state index is 0.190. The van der Waals surface area contributed by atoms with E-state index in [1.54, 1.807) is 11.0 Å². The highest BCUT2D eigenvalue weighted by molar-refractivity contribution is 5.76. The molecule has 22 heavy (non-hydrogen) atoms. The first-order chi connectivity index (χ1) is 10.8. The second-order valence-corrected chi connectivity index (χ2v) is 5.66. The number of hydrogen-bond donors (Lipinski definition) is 0. The topological polar surface area (TPSA) is 68.8 Å². The van der Waals surface area contributed by atoms with Crippen LogP contribution < -0.4 is 0 Å². The summed E-state index contributed by atoms with van der Waals surface area (Å²) in [4.78, 5) is 22.8. The molecule has 118 valence electrons. The number of piperidine rings is 1. The van der Waals surface area contributed by atoms with Gasteiger partial charge in [-0.2, -0.15) is 5.10 Å². The van der Waals surface area contributed by atoms with E-state index < -0.39 is 0 Å². The minimum absolute atomic E-state index is 0.190. The lowest BCUT2D eigenvalue weighted by Gasteiger charge is -2.32. The lowest BCUT2D eigenvalue weighted by molar-refractivity contribution is -0.132. The zero-order chi connectivity index (χ0) is 15.4. The minimum Gasteiger partial charge on any atom is -0.342 e. The largest absolute Gasteiger partial charge is 0.342 e. The Labute approximate surface area is 130 Å². The molecule has 2 aromatic rings. The molecule has 0 aromatic carbocycles. The van der Waals surface area contributed by atoms with Gasteiger partial charge in [-0.1, -0.05) is 0 Å². The van der Waals surface area contributed by atoms with Crippen molar-refractivity contribution in [2.45, 2.75) is 45.2 Å². The molecule has 1 aliphatic rings. The molecule has 0 aliphatic carbocycles. The Hall–Kier alpha value is -2.18. The molecule has 3 rings (SSSR count). The quantitative estimate of drug-likeness (QED) is 0.834. The van der Waals surface area contributed by atoms with Crippen molar-refractivity contribution in [3.05, 3.63) is 30.9 Å². The van der Waals surface area contributed by atoms with Crippen molar-refractivity contribution in [2.75, 3.05) is 13.1 Å². The zero-order valence-electron chi connectivity index (χ0n) is 12.9. The molecule has 1 atom stereocenters. The lowest BCUT2D eigenvalue weighted by Crippen LogP contribution is -2.40. The van der Waals surface area contributed by atoms with Gasteiger partial charge in [-0.25, -0.2) is 9.97 Å². The van der Waals surface area contributed by atoms with Gasteiger partial charge in [-0.3, -0.25) is 9.48 Å². The van der Waals surface area contributed by atoms with Crippen LogP contribution in [-0.2, 0) is 17.9 Å². The average Bonchev–Trinajstić information content (AvgIpc) is 3.23. The van der Waals surface area contributed by atoms with Gasteiger partial charge in [-0.05, 0) is 19.8 Å². The first-order valence-corrected chi connectivity index (χ1v) is 7.89. The van der Waals surface area contributed by atoms with Gasteiger partial charge in [0.05, 0.1) is 6.54 Å². The van der Waals surface area contributed by atoms with Crippen LogP contribution in [0.15, 0.2) is 25.0 Å². The fourth-order valence-electron chi connectivity index (χ4n) is 3.08. The van der Waals surface area contributed by atoms with E-state index in [9.17, 15) is 4.79 Å². The molecule has 1 unspecified atom stereocenters. The van der Waals surface area contributed by atoms with Crippen molar-refractivity contribution < 1.29 is 4.79 Å². The van der Waals surface area contributed by atoms with E-state index in [1.165, 1.54) is 6.33 Å². The molecule has 1 aliphatic heterocycles. The third kappa shape index (κ3) is 3.18. The number of hydrogen-bond acceptors (Lipinski definition) is 4. The van der Waals surface area contributed by atoms with Crippen molar-refractivity contribution in [1.82, 2.24) is 29.2 Å². The maximum Gasteiger partial charge on any atom is 0.224 e. The molecular weight excluding hydrogens is 280 g/mol. The van der Waals surface area contributed by atoms with Crippen molar-refractivity contribution in [2.24, 2.45) is 0 Å². The van der Waals surface area contributed by atoms with Crippen molar-refractivity contribution in [3.8, 4) is 0 Å². The third-order valence-corrected chi connectivity index (χ3v) is 4.25. The number of nitrogens with zero attached hydrogens (tertiary/aromatic N) is 6. The second kappa shape index (κ2) is 6.72. The van der Waals surface area contributed by atoms with E-state index in [2.05, 4.69) is 26.6 Å². The highest BCUT2D eigenvalue weighted by Gasteiger charge is 2.26. The molecule has 0 spiro atoms. The predicted molar refractivity (Wildman–Crippen MR) is 81.1 cm³/mol. The van der Waals surface area contributed by atoms with E-state index in [1.807, 2.05) is 17.3 Å². The Kier molecular flexibility index (Phi) is 4.50. The molecule has 1 fully saturated rings. The summed E-state index contributed by atoms with van der Waals surface area (Å²) in [6.45, 7) is 5.25. The van der Waals surface area contributed by atoms with Crippen LogP contribution >= 0.6 is 0 Å². The summed E-state index contributed by atoms with van der Waals surface area (Å²) in [5.74, 6) is 1.64. The second-order valence-electron chi connectivity index (χ2n) is 5.66. The predicted octanol–water partition coefficient (Wildman–Crippen LogP) is 1.29. The molecular formula is C15H22N6O. The fraction of sp³-hybridized carbons (Fsp3) is 0.600. The first kappa shape index (κ1) is 14.7. The highest BCUT2D eigenvalue weighted by atomic mass is 16.2. The molecule has 0 radical (unpaired) electrons. The van der Waals surface area contributed by atoms with Crippen LogP contribution in [0, 0.1) is 0 Å². The maximum absolute atomic E-state index is 12.4. The summed E-state index contributed by atoms with van der Waals surface area (Å²) in [5.41, 5.74) is 0. The summed E-state index contributed by atoms with van der Waals surface area (Å²) >= 11 is 0. The van der Waals surface area contributed by atoms with Crippen LogP contribution in [0.5, 0.6) is 0 Å². The Balaban J connectivity index is 1.59. The van der Waals surface area contributed by atoms with E-state index >= 15 is 0 Å². The number of carbonyl (C=O) groups excluding carboxylic acids is 1. The third-order valence-electron chi connectivity index (χ3n) is 4.25. The Bertz CT molecular complexity index is 605. The summed E-state index contributed by atoms with van der Waals surface area (Å²) in [7, 11) is 0. The molecule has 0 bridgehead atoms. The van der Waals surface area contributed by atoms with E-state index in [-0.39, 0.29) is 5.91 Å². The first-order valence-electron chi connectivity index (χ1n) is 7.89. The lowest BCUT2D eigenvalue weighted by atomic mass is 9.97. The van der Waals surface area contributed by atoms with Gasteiger partial charge in [-0.15, -0.1) is 0 Å². The van der Waals surface area contributed by atoms with Gasteiger partial charge < -0.3 is 9.47 Å². The van der Waals surface area contributed by atoms with Crippen LogP contribution in [-0.4, -0.2) is 48.2 Å². The van der Waals surface area contributed by atoms with Gasteiger partial charge >= 0.3 is 0 Å². The standard InChI is InChI=1S/C15H22N6O/c1-2-19-9-6-17-15(19)13-4-3-7-20(10-13)14(22)5-8-21-12-16-11-18-21/h6,9,11-13H,2-5,7-8,10H2,1H3. The number of likely N-dealkylation sites (tertiary alicyclic amines) is 1. The summed E-state index contributed by atoms with van der Waals surface area (Å²) in [5, 5.41) is 4.03. The van der Waals surface area contributed by atoms with Gasteiger partial charge in [0, 0.05) is 44.4 Å². The van der Waals surface area contributed by atoms with Gasteiger partial charge in [0.15, 0.2) is 0 Å². The number of amides is 1. The summed E-state index contributed by atoms with van der Waals surface area (Å²) in [6.07, 6.45) is 9.61. The Morgan fingerprint density at radius 1 is 1.45 bits per heavy atom. The van der Waals surface area contributed by atoms with Crippen LogP contribution in [0.25, 0.3) is 0 Å². The summed E-state index contributed by atoms with van der Waals surface area (Å²) in [6, 6.07) is 0. The van der Waals surface area contributed by atoms with Gasteiger partial charge in [0.1, 0.15) is 18.5 Å². The SMILES string of the molecule is CCn1ccnc1C1CCCN(C(=O)CCn2cncn2)C1. The van der Waals surface area contributed by atoms with Crippen molar-refractivity contribution in [1.29, 1.82) is 0 Å². The molecule has 0 N–H and O–H groups in total. The molecule has 0 saturated carbocycles. The smallest absolute Gasteiger partial charge is 0.224 e. The van der Waals surface area contributed by atoms with Gasteiger partial charge in [0.2, 0.25) is 5.91 Å². The molecule has 3 heterocycles. The molecule has 1 saturated heterocycles. The number of aryl methyl sites for hydroxylation is 2. The van der Waals surface area contributed by atoms with Crippen molar-refractivity contribution >= 4 is 5.91 Å². The molecule has 2 aromatic heterocycles. The highest BCUT2D eigenvalue weighted by Crippen LogP contribution is 2.26. The van der Waals surface area contributed by atoms with Gasteiger partial charge in [0.25, 0.3) is 0 Å². The molecule has 1 amide bonds. The maximum atomic E-state index is 12.4. The van der Waals surface area contributed by atoms with Crippen LogP contribution in [0.2, 0.25) is 0 Å². The average molecular weight is 302 g/mol. The van der Waals surface area contributed by atoms with Crippen molar-refractivity contribution in [3.63, 3.8) is 0 Å². The van der Waals surface area contributed by atoms with E-state index in [0.717, 1.165) is 38.3 Å². The zero-order valence-corrected chi connectivity index (χ0v) is 12.9. The summed E-state index contributed by atoms with van der Waals surface area (Å²) < 4.78 is 3.87. The van der Waals surface area contributed by atoms with Crippen LogP contribution in [0.3, 0.4) is 0 Å². The van der Waals surface area contributed by atoms with Crippen LogP contribution in [0.1, 0.15) is 37.9 Å². The fourth-order valence-corrected chi connectivity index (χ4v) is 3.08. The number of rotatable bonds is 5. The van der Waals surface area contributed by atoms with E-state index in [0.29, 0.717) is 18.9 Å². The Morgan fingerprint density at radius 3 is 3.14 bits per heavy atom. The number of carbonyl (C=O) groups is 1. The molecule has 7 nitrogen and oxygen atoms in total. The monoisotopic (exact) mass is 302 g/mol. The number of aromatic nitrogens is 5. The number of imidazole rings is 1. The normalized spacial score (nSPS) is 18.6. The van der Waals surface area contributed by atoms with Crippen LogP contribution in [0.4, 0.5) is 0 Å². The molecule has 7 heteroatoms.